The van der Waals surface area contributed by atoms with Gasteiger partial charge in [0.05, 0.1) is 12.3 Å². The van der Waals surface area contributed by atoms with Crippen LogP contribution in [0.5, 0.6) is 0 Å². The normalized spacial score (nSPS) is 22.2. The van der Waals surface area contributed by atoms with E-state index in [0.29, 0.717) is 6.54 Å². The number of amides is 1. The van der Waals surface area contributed by atoms with E-state index >= 15 is 0 Å². The van der Waals surface area contributed by atoms with Gasteiger partial charge >= 0.3 is 0 Å². The molecule has 1 saturated heterocycles. The highest BCUT2D eigenvalue weighted by molar-refractivity contribution is 7.99. The van der Waals surface area contributed by atoms with E-state index in [-0.39, 0.29) is 17.9 Å². The number of nitrogens with one attached hydrogen (secondary N) is 1. The Bertz CT molecular complexity index is 425. The molecule has 0 radical (unpaired) electrons. The smallest absolute Gasteiger partial charge is 0.223 e. The van der Waals surface area contributed by atoms with E-state index in [2.05, 4.69) is 10.2 Å². The Morgan fingerprint density at radius 2 is 2.25 bits per heavy atom. The zero-order valence-corrected chi connectivity index (χ0v) is 12.5. The van der Waals surface area contributed by atoms with Crippen molar-refractivity contribution in [3.05, 3.63) is 24.2 Å². The number of carbonyl (C=O) groups excluding carboxylic acids is 1. The van der Waals surface area contributed by atoms with Gasteiger partial charge in [-0.1, -0.05) is 6.42 Å². The Kier molecular flexibility index (Phi) is 4.68. The Labute approximate surface area is 124 Å². The van der Waals surface area contributed by atoms with Gasteiger partial charge in [0.1, 0.15) is 5.76 Å². The Hall–Kier alpha value is -0.940. The van der Waals surface area contributed by atoms with E-state index in [1.165, 1.54) is 6.42 Å². The van der Waals surface area contributed by atoms with Gasteiger partial charge < -0.3 is 9.73 Å². The summed E-state index contributed by atoms with van der Waals surface area (Å²) in [6.07, 6.45) is 5.02. The van der Waals surface area contributed by atoms with Crippen LogP contribution in [0.15, 0.2) is 22.8 Å². The van der Waals surface area contributed by atoms with Gasteiger partial charge in [0.2, 0.25) is 5.91 Å². The molecule has 20 heavy (non-hydrogen) atoms. The highest BCUT2D eigenvalue weighted by Gasteiger charge is 2.28. The van der Waals surface area contributed by atoms with Crippen LogP contribution >= 0.6 is 11.8 Å². The molecule has 1 aliphatic carbocycles. The molecule has 1 unspecified atom stereocenters. The minimum absolute atomic E-state index is 0.176. The van der Waals surface area contributed by atoms with Gasteiger partial charge in [0, 0.05) is 37.1 Å². The molecule has 1 saturated carbocycles. The van der Waals surface area contributed by atoms with Gasteiger partial charge in [-0.25, -0.2) is 0 Å². The van der Waals surface area contributed by atoms with E-state index in [1.807, 2.05) is 23.9 Å². The van der Waals surface area contributed by atoms with Crippen molar-refractivity contribution in [1.82, 2.24) is 10.2 Å². The number of thioether (sulfide) groups is 1. The molecule has 0 bridgehead atoms. The van der Waals surface area contributed by atoms with E-state index in [0.717, 1.165) is 43.2 Å². The molecule has 5 heteroatoms. The Balaban J connectivity index is 1.61. The van der Waals surface area contributed by atoms with Crippen LogP contribution in [0.3, 0.4) is 0 Å². The fourth-order valence-electron chi connectivity index (χ4n) is 2.79. The number of nitrogens with zero attached hydrogens (tertiary/aromatic N) is 1. The number of hydrogen-bond donors (Lipinski definition) is 1. The number of hydrogen-bond acceptors (Lipinski definition) is 4. The van der Waals surface area contributed by atoms with Gasteiger partial charge in [0.25, 0.3) is 0 Å². The van der Waals surface area contributed by atoms with Crippen molar-refractivity contribution in [1.29, 1.82) is 0 Å². The molecule has 1 atom stereocenters. The fourth-order valence-corrected chi connectivity index (χ4v) is 3.72. The van der Waals surface area contributed by atoms with Crippen LogP contribution in [-0.4, -0.2) is 41.9 Å². The van der Waals surface area contributed by atoms with E-state index in [4.69, 9.17) is 4.42 Å². The zero-order valence-electron chi connectivity index (χ0n) is 11.7. The first-order chi connectivity index (χ1) is 9.84. The summed E-state index contributed by atoms with van der Waals surface area (Å²) < 4.78 is 5.58. The molecular weight excluding hydrogens is 272 g/mol. The number of carbonyl (C=O) groups is 1. The topological polar surface area (TPSA) is 45.5 Å². The maximum Gasteiger partial charge on any atom is 0.223 e. The second-order valence-electron chi connectivity index (χ2n) is 5.55. The van der Waals surface area contributed by atoms with E-state index < -0.39 is 0 Å². The maximum atomic E-state index is 12.0. The van der Waals surface area contributed by atoms with Gasteiger partial charge in [-0.3, -0.25) is 9.69 Å². The van der Waals surface area contributed by atoms with Crippen molar-refractivity contribution >= 4 is 17.7 Å². The van der Waals surface area contributed by atoms with Gasteiger partial charge in [-0.2, -0.15) is 11.8 Å². The molecule has 1 amide bonds. The van der Waals surface area contributed by atoms with Crippen molar-refractivity contribution in [3.63, 3.8) is 0 Å². The lowest BCUT2D eigenvalue weighted by molar-refractivity contribution is -0.127. The summed E-state index contributed by atoms with van der Waals surface area (Å²) in [5, 5.41) is 3.12. The minimum atomic E-state index is 0.176. The van der Waals surface area contributed by atoms with Crippen LogP contribution in [-0.2, 0) is 4.79 Å². The summed E-state index contributed by atoms with van der Waals surface area (Å²) in [5.74, 6) is 3.76. The molecule has 1 aliphatic heterocycles. The predicted octanol–water partition coefficient (Wildman–Crippen LogP) is 2.29. The van der Waals surface area contributed by atoms with Crippen molar-refractivity contribution in [2.24, 2.45) is 5.92 Å². The van der Waals surface area contributed by atoms with E-state index in [1.54, 1.807) is 6.26 Å². The SMILES string of the molecule is O=C(NCC(c1ccco1)N1CCSCC1)C1CCC1. The van der Waals surface area contributed by atoms with Crippen molar-refractivity contribution in [2.75, 3.05) is 31.1 Å². The molecule has 0 spiro atoms. The highest BCUT2D eigenvalue weighted by atomic mass is 32.2. The lowest BCUT2D eigenvalue weighted by Gasteiger charge is -2.34. The third-order valence-corrected chi connectivity index (χ3v) is 5.25. The first-order valence-electron chi connectivity index (χ1n) is 7.47. The van der Waals surface area contributed by atoms with Crippen LogP contribution in [0.2, 0.25) is 0 Å². The third kappa shape index (κ3) is 3.20. The van der Waals surface area contributed by atoms with Crippen LogP contribution in [0, 0.1) is 5.92 Å². The van der Waals surface area contributed by atoms with Crippen LogP contribution < -0.4 is 5.32 Å². The van der Waals surface area contributed by atoms with Gasteiger partial charge in [-0.15, -0.1) is 0 Å². The maximum absolute atomic E-state index is 12.0. The molecule has 3 rings (SSSR count). The highest BCUT2D eigenvalue weighted by Crippen LogP contribution is 2.27. The Morgan fingerprint density at radius 1 is 1.45 bits per heavy atom. The molecule has 4 nitrogen and oxygen atoms in total. The third-order valence-electron chi connectivity index (χ3n) is 4.30. The van der Waals surface area contributed by atoms with Crippen molar-refractivity contribution in [2.45, 2.75) is 25.3 Å². The minimum Gasteiger partial charge on any atom is -0.468 e. The summed E-state index contributed by atoms with van der Waals surface area (Å²) in [6, 6.07) is 4.12. The van der Waals surface area contributed by atoms with Crippen LogP contribution in [0.1, 0.15) is 31.1 Å². The van der Waals surface area contributed by atoms with Gasteiger partial charge in [0.15, 0.2) is 0 Å². The Morgan fingerprint density at radius 3 is 2.85 bits per heavy atom. The monoisotopic (exact) mass is 294 g/mol. The zero-order chi connectivity index (χ0) is 13.8. The molecule has 0 aromatic carbocycles. The molecule has 110 valence electrons. The summed E-state index contributed by atoms with van der Waals surface area (Å²) in [7, 11) is 0. The molecule has 1 aromatic rings. The lowest BCUT2D eigenvalue weighted by Crippen LogP contribution is -2.43. The average molecular weight is 294 g/mol. The molecule has 2 heterocycles. The average Bonchev–Trinajstić information content (AvgIpc) is 2.92. The second-order valence-corrected chi connectivity index (χ2v) is 6.78. The summed E-state index contributed by atoms with van der Waals surface area (Å²) in [6.45, 7) is 2.79. The summed E-state index contributed by atoms with van der Waals surface area (Å²) in [4.78, 5) is 14.4. The molecular formula is C15H22N2O2S. The molecule has 1 aromatic heterocycles. The molecule has 1 N–H and O–H groups in total. The lowest BCUT2D eigenvalue weighted by atomic mass is 9.85. The summed E-state index contributed by atoms with van der Waals surface area (Å²) >= 11 is 2.00. The first-order valence-corrected chi connectivity index (χ1v) is 8.63. The number of furan rings is 1. The fraction of sp³-hybridized carbons (Fsp3) is 0.667. The number of rotatable bonds is 5. The van der Waals surface area contributed by atoms with E-state index in [9.17, 15) is 4.79 Å². The molecule has 2 fully saturated rings. The van der Waals surface area contributed by atoms with Crippen LogP contribution in [0.25, 0.3) is 0 Å². The standard InChI is InChI=1S/C15H22N2O2S/c18-15(12-3-1-4-12)16-11-13(14-5-2-8-19-14)17-6-9-20-10-7-17/h2,5,8,12-13H,1,3-4,6-7,9-11H2,(H,16,18). The van der Waals surface area contributed by atoms with Gasteiger partial charge in [-0.05, 0) is 25.0 Å². The molecule has 2 aliphatic rings. The second kappa shape index (κ2) is 6.68. The largest absolute Gasteiger partial charge is 0.468 e. The first kappa shape index (κ1) is 14.0. The quantitative estimate of drug-likeness (QED) is 0.905. The summed E-state index contributed by atoms with van der Waals surface area (Å²) in [5.41, 5.74) is 0. The van der Waals surface area contributed by atoms with Crippen molar-refractivity contribution < 1.29 is 9.21 Å². The van der Waals surface area contributed by atoms with Crippen LogP contribution in [0.4, 0.5) is 0 Å². The van der Waals surface area contributed by atoms with Crippen molar-refractivity contribution in [3.8, 4) is 0 Å². The predicted molar refractivity (Wildman–Crippen MR) is 80.7 cm³/mol.